The number of aromatic hydroxyl groups is 1. The molecule has 0 spiro atoms. The molecule has 1 aliphatic rings. The van der Waals surface area contributed by atoms with Crippen molar-refractivity contribution in [3.05, 3.63) is 65.4 Å². The van der Waals surface area contributed by atoms with Crippen LogP contribution in [0.15, 0.2) is 54.2 Å². The van der Waals surface area contributed by atoms with Crippen molar-refractivity contribution in [2.24, 2.45) is 0 Å². The maximum Gasteiger partial charge on any atom is 0.267 e. The Balaban J connectivity index is 1.64. The summed E-state index contributed by atoms with van der Waals surface area (Å²) in [4.78, 5) is 16.7. The Hall–Kier alpha value is -3.46. The zero-order valence-corrected chi connectivity index (χ0v) is 16.1. The van der Waals surface area contributed by atoms with Gasteiger partial charge in [-0.2, -0.15) is 5.26 Å². The third-order valence-electron chi connectivity index (χ3n) is 5.01. The summed E-state index contributed by atoms with van der Waals surface area (Å²) in [6.07, 6.45) is 1.62. The highest BCUT2D eigenvalue weighted by atomic mass is 16.3. The van der Waals surface area contributed by atoms with E-state index in [4.69, 9.17) is 0 Å². The monoisotopic (exact) mass is 376 g/mol. The number of nitriles is 1. The summed E-state index contributed by atoms with van der Waals surface area (Å²) >= 11 is 0. The maximum atomic E-state index is 12.4. The lowest BCUT2D eigenvalue weighted by Gasteiger charge is -2.36. The molecule has 1 saturated heterocycles. The van der Waals surface area contributed by atoms with E-state index < -0.39 is 5.91 Å². The van der Waals surface area contributed by atoms with Gasteiger partial charge in [0.15, 0.2) is 0 Å². The molecular formula is C22H24N4O2. The SMILES string of the molecule is Cc1cccc(N2CCN(/C=C(/C#N)C(=O)Nc3cccc(O)c3)CC2)c1C. The van der Waals surface area contributed by atoms with Crippen LogP contribution in [-0.2, 0) is 4.79 Å². The molecular weight excluding hydrogens is 352 g/mol. The summed E-state index contributed by atoms with van der Waals surface area (Å²) < 4.78 is 0. The molecule has 3 rings (SSSR count). The van der Waals surface area contributed by atoms with Gasteiger partial charge in [0.25, 0.3) is 5.91 Å². The normalized spacial score (nSPS) is 14.5. The van der Waals surface area contributed by atoms with Gasteiger partial charge < -0.3 is 20.2 Å². The van der Waals surface area contributed by atoms with Gasteiger partial charge in [0, 0.05) is 49.8 Å². The lowest BCUT2D eigenvalue weighted by molar-refractivity contribution is -0.112. The van der Waals surface area contributed by atoms with Gasteiger partial charge in [-0.25, -0.2) is 0 Å². The number of carbonyl (C=O) groups excluding carboxylic acids is 1. The van der Waals surface area contributed by atoms with E-state index in [2.05, 4.69) is 42.3 Å². The van der Waals surface area contributed by atoms with E-state index in [9.17, 15) is 15.2 Å². The van der Waals surface area contributed by atoms with Crippen molar-refractivity contribution < 1.29 is 9.90 Å². The first kappa shape index (κ1) is 19.3. The summed E-state index contributed by atoms with van der Waals surface area (Å²) in [5, 5.41) is 21.5. The minimum Gasteiger partial charge on any atom is -0.508 e. The van der Waals surface area contributed by atoms with Crippen molar-refractivity contribution >= 4 is 17.3 Å². The third-order valence-corrected chi connectivity index (χ3v) is 5.01. The third kappa shape index (κ3) is 4.44. The smallest absolute Gasteiger partial charge is 0.267 e. The number of piperazine rings is 1. The molecule has 0 aromatic heterocycles. The van der Waals surface area contributed by atoms with Gasteiger partial charge in [0.1, 0.15) is 17.4 Å². The molecule has 2 aromatic rings. The molecule has 6 heteroatoms. The van der Waals surface area contributed by atoms with Crippen LogP contribution >= 0.6 is 0 Å². The largest absolute Gasteiger partial charge is 0.508 e. The number of amides is 1. The van der Waals surface area contributed by atoms with Crippen LogP contribution in [-0.4, -0.2) is 42.1 Å². The number of anilines is 2. The van der Waals surface area contributed by atoms with E-state index in [1.807, 2.05) is 11.0 Å². The van der Waals surface area contributed by atoms with Crippen LogP contribution in [0.2, 0.25) is 0 Å². The van der Waals surface area contributed by atoms with Crippen LogP contribution in [0.5, 0.6) is 5.75 Å². The highest BCUT2D eigenvalue weighted by Crippen LogP contribution is 2.24. The van der Waals surface area contributed by atoms with Crippen LogP contribution in [0.4, 0.5) is 11.4 Å². The molecule has 0 saturated carbocycles. The van der Waals surface area contributed by atoms with Crippen LogP contribution in [0.3, 0.4) is 0 Å². The Labute approximate surface area is 165 Å². The van der Waals surface area contributed by atoms with Gasteiger partial charge in [-0.1, -0.05) is 18.2 Å². The number of hydrogen-bond acceptors (Lipinski definition) is 5. The molecule has 0 unspecified atom stereocenters. The van der Waals surface area contributed by atoms with E-state index in [0.717, 1.165) is 26.2 Å². The van der Waals surface area contributed by atoms with E-state index in [-0.39, 0.29) is 11.3 Å². The van der Waals surface area contributed by atoms with E-state index in [0.29, 0.717) is 5.69 Å². The predicted molar refractivity (Wildman–Crippen MR) is 110 cm³/mol. The number of benzene rings is 2. The lowest BCUT2D eigenvalue weighted by Crippen LogP contribution is -2.44. The van der Waals surface area contributed by atoms with Crippen molar-refractivity contribution in [1.29, 1.82) is 5.26 Å². The fourth-order valence-corrected chi connectivity index (χ4v) is 3.27. The van der Waals surface area contributed by atoms with Crippen molar-refractivity contribution in [2.45, 2.75) is 13.8 Å². The highest BCUT2D eigenvalue weighted by molar-refractivity contribution is 6.06. The molecule has 0 atom stereocenters. The van der Waals surface area contributed by atoms with E-state index in [1.165, 1.54) is 28.9 Å². The number of nitrogens with zero attached hydrogens (tertiary/aromatic N) is 3. The van der Waals surface area contributed by atoms with Crippen LogP contribution < -0.4 is 10.2 Å². The molecule has 1 aliphatic heterocycles. The highest BCUT2D eigenvalue weighted by Gasteiger charge is 2.19. The Bertz CT molecular complexity index is 938. The minimum atomic E-state index is -0.481. The van der Waals surface area contributed by atoms with Gasteiger partial charge in [-0.05, 0) is 43.2 Å². The molecule has 0 aliphatic carbocycles. The number of aryl methyl sites for hydroxylation is 1. The lowest BCUT2D eigenvalue weighted by atomic mass is 10.1. The number of hydrogen-bond donors (Lipinski definition) is 2. The number of rotatable bonds is 4. The second kappa shape index (κ2) is 8.49. The zero-order chi connectivity index (χ0) is 20.1. The van der Waals surface area contributed by atoms with Crippen LogP contribution in [0, 0.1) is 25.2 Å². The molecule has 0 radical (unpaired) electrons. The van der Waals surface area contributed by atoms with Crippen molar-refractivity contribution in [3.63, 3.8) is 0 Å². The Morgan fingerprint density at radius 2 is 1.86 bits per heavy atom. The number of phenolic OH excluding ortho intramolecular Hbond substituents is 1. The second-order valence-corrected chi connectivity index (χ2v) is 6.90. The summed E-state index contributed by atoms with van der Waals surface area (Å²) in [7, 11) is 0. The molecule has 1 heterocycles. The maximum absolute atomic E-state index is 12.4. The quantitative estimate of drug-likeness (QED) is 0.633. The fourth-order valence-electron chi connectivity index (χ4n) is 3.27. The molecule has 2 aromatic carbocycles. The van der Waals surface area contributed by atoms with Gasteiger partial charge in [0.05, 0.1) is 0 Å². The first-order chi connectivity index (χ1) is 13.5. The van der Waals surface area contributed by atoms with Crippen molar-refractivity contribution in [1.82, 2.24) is 4.90 Å². The summed E-state index contributed by atoms with van der Waals surface area (Å²) in [6, 6.07) is 14.6. The molecule has 1 fully saturated rings. The second-order valence-electron chi connectivity index (χ2n) is 6.90. The van der Waals surface area contributed by atoms with Gasteiger partial charge in [-0.3, -0.25) is 4.79 Å². The summed E-state index contributed by atoms with van der Waals surface area (Å²) in [5.74, 6) is -0.423. The Kier molecular flexibility index (Phi) is 5.85. The zero-order valence-electron chi connectivity index (χ0n) is 16.1. The standard InChI is InChI=1S/C22H24N4O2/c1-16-5-3-8-21(17(16)2)26-11-9-25(10-12-26)15-18(14-23)22(28)24-19-6-4-7-20(27)13-19/h3-8,13,15,27H,9-12H2,1-2H3,(H,24,28)/b18-15-. The van der Waals surface area contributed by atoms with Crippen LogP contribution in [0.25, 0.3) is 0 Å². The summed E-state index contributed by atoms with van der Waals surface area (Å²) in [5.41, 5.74) is 4.30. The minimum absolute atomic E-state index is 0.0449. The predicted octanol–water partition coefficient (Wildman–Crippen LogP) is 3.18. The number of phenols is 1. The first-order valence-electron chi connectivity index (χ1n) is 9.25. The van der Waals surface area contributed by atoms with Crippen LogP contribution in [0.1, 0.15) is 11.1 Å². The number of nitrogens with one attached hydrogen (secondary N) is 1. The fraction of sp³-hybridized carbons (Fsp3) is 0.273. The van der Waals surface area contributed by atoms with E-state index in [1.54, 1.807) is 18.3 Å². The van der Waals surface area contributed by atoms with Crippen molar-refractivity contribution in [3.8, 4) is 11.8 Å². The first-order valence-corrected chi connectivity index (χ1v) is 9.25. The number of carbonyl (C=O) groups is 1. The Morgan fingerprint density at radius 3 is 2.54 bits per heavy atom. The molecule has 6 nitrogen and oxygen atoms in total. The average Bonchev–Trinajstić information content (AvgIpc) is 2.69. The molecule has 0 bridgehead atoms. The van der Waals surface area contributed by atoms with Gasteiger partial charge in [0.2, 0.25) is 0 Å². The average molecular weight is 376 g/mol. The molecule has 2 N–H and O–H groups in total. The summed E-state index contributed by atoms with van der Waals surface area (Å²) in [6.45, 7) is 7.37. The molecule has 144 valence electrons. The Morgan fingerprint density at radius 1 is 1.14 bits per heavy atom. The molecule has 28 heavy (non-hydrogen) atoms. The van der Waals surface area contributed by atoms with Crippen molar-refractivity contribution in [2.75, 3.05) is 36.4 Å². The molecule has 1 amide bonds. The van der Waals surface area contributed by atoms with Gasteiger partial charge >= 0.3 is 0 Å². The van der Waals surface area contributed by atoms with Gasteiger partial charge in [-0.15, -0.1) is 0 Å². The van der Waals surface area contributed by atoms with E-state index >= 15 is 0 Å². The topological polar surface area (TPSA) is 79.6 Å².